The van der Waals surface area contributed by atoms with Crippen molar-refractivity contribution in [3.8, 4) is 0 Å². The van der Waals surface area contributed by atoms with Gasteiger partial charge in [-0.15, -0.1) is 0 Å². The van der Waals surface area contributed by atoms with E-state index in [1.807, 2.05) is 12.1 Å². The lowest BCUT2D eigenvalue weighted by molar-refractivity contribution is -0.122. The van der Waals surface area contributed by atoms with E-state index in [9.17, 15) is 4.79 Å². The predicted molar refractivity (Wildman–Crippen MR) is 90.8 cm³/mol. The maximum Gasteiger partial charge on any atom is 0.234 e. The van der Waals surface area contributed by atoms with E-state index in [-0.39, 0.29) is 5.91 Å². The van der Waals surface area contributed by atoms with Crippen LogP contribution >= 0.6 is 11.3 Å². The molecule has 0 saturated heterocycles. The minimum Gasteiger partial charge on any atom is -0.351 e. The first-order valence-electron chi connectivity index (χ1n) is 7.78. The number of nitrogens with one attached hydrogen (secondary N) is 1. The molecular weight excluding hydrogens is 292 g/mol. The van der Waals surface area contributed by atoms with Crippen molar-refractivity contribution < 1.29 is 4.79 Å². The number of carbonyl (C=O) groups is 1. The highest BCUT2D eigenvalue weighted by atomic mass is 32.1. The van der Waals surface area contributed by atoms with Crippen molar-refractivity contribution in [1.82, 2.24) is 10.2 Å². The summed E-state index contributed by atoms with van der Waals surface area (Å²) in [7, 11) is 0. The third-order valence-electron chi connectivity index (χ3n) is 4.11. The smallest absolute Gasteiger partial charge is 0.234 e. The van der Waals surface area contributed by atoms with Crippen LogP contribution in [0.2, 0.25) is 0 Å². The second kappa shape index (κ2) is 7.07. The number of hydrogen-bond donors (Lipinski definition) is 1. The number of carbonyl (C=O) groups excluding carboxylic acids is 1. The fourth-order valence-electron chi connectivity index (χ4n) is 2.61. The average molecular weight is 314 g/mol. The largest absolute Gasteiger partial charge is 0.351 e. The topological polar surface area (TPSA) is 32.3 Å². The quantitative estimate of drug-likeness (QED) is 0.850. The van der Waals surface area contributed by atoms with Crippen molar-refractivity contribution in [3.63, 3.8) is 0 Å². The van der Waals surface area contributed by atoms with Crippen molar-refractivity contribution in [2.45, 2.75) is 38.9 Å². The maximum absolute atomic E-state index is 12.2. The van der Waals surface area contributed by atoms with Gasteiger partial charge in [-0.3, -0.25) is 9.69 Å². The van der Waals surface area contributed by atoms with Crippen LogP contribution < -0.4 is 5.32 Å². The van der Waals surface area contributed by atoms with Crippen LogP contribution in [-0.2, 0) is 17.9 Å². The lowest BCUT2D eigenvalue weighted by Gasteiger charge is -2.21. The Bertz CT molecular complexity index is 620. The summed E-state index contributed by atoms with van der Waals surface area (Å²) in [5, 5.41) is 7.32. The van der Waals surface area contributed by atoms with E-state index >= 15 is 0 Å². The summed E-state index contributed by atoms with van der Waals surface area (Å²) < 4.78 is 0. The molecule has 116 valence electrons. The summed E-state index contributed by atoms with van der Waals surface area (Å²) in [6.07, 6.45) is 2.43. The molecular formula is C18H22N2OS. The number of amides is 1. The Kier molecular flexibility index (Phi) is 4.90. The number of rotatable bonds is 7. The Morgan fingerprint density at radius 3 is 2.82 bits per heavy atom. The molecule has 1 aromatic carbocycles. The van der Waals surface area contributed by atoms with E-state index in [0.717, 1.165) is 6.54 Å². The highest BCUT2D eigenvalue weighted by Crippen LogP contribution is 2.28. The number of hydrogen-bond acceptors (Lipinski definition) is 3. The van der Waals surface area contributed by atoms with Gasteiger partial charge in [-0.2, -0.15) is 11.3 Å². The standard InChI is InChI=1S/C18H22N2OS/c1-14-4-2-3-5-16(14)10-19-18(21)12-20(17-6-7-17)11-15-8-9-22-13-15/h2-5,8-9,13,17H,6-7,10-12H2,1H3,(H,19,21). The van der Waals surface area contributed by atoms with E-state index < -0.39 is 0 Å². The summed E-state index contributed by atoms with van der Waals surface area (Å²) in [6.45, 7) is 4.06. The molecule has 1 aromatic heterocycles. The first-order valence-corrected chi connectivity index (χ1v) is 8.73. The third-order valence-corrected chi connectivity index (χ3v) is 4.85. The lowest BCUT2D eigenvalue weighted by atomic mass is 10.1. The van der Waals surface area contributed by atoms with Crippen molar-refractivity contribution in [2.75, 3.05) is 6.54 Å². The fraction of sp³-hybridized carbons (Fsp3) is 0.389. The molecule has 3 nitrogen and oxygen atoms in total. The summed E-state index contributed by atoms with van der Waals surface area (Å²) in [5.74, 6) is 0.116. The monoisotopic (exact) mass is 314 g/mol. The maximum atomic E-state index is 12.2. The van der Waals surface area contributed by atoms with Gasteiger partial charge in [0, 0.05) is 19.1 Å². The van der Waals surface area contributed by atoms with Crippen molar-refractivity contribution in [2.24, 2.45) is 0 Å². The Morgan fingerprint density at radius 1 is 1.32 bits per heavy atom. The molecule has 1 aliphatic carbocycles. The van der Waals surface area contributed by atoms with Gasteiger partial charge in [0.05, 0.1) is 6.54 Å². The second-order valence-corrected chi connectivity index (χ2v) is 6.75. The molecule has 0 spiro atoms. The van der Waals surface area contributed by atoms with Gasteiger partial charge in [-0.05, 0) is 53.3 Å². The van der Waals surface area contributed by atoms with Gasteiger partial charge in [0.15, 0.2) is 0 Å². The average Bonchev–Trinajstić information content (AvgIpc) is 3.24. The Balaban J connectivity index is 1.52. The normalized spacial score (nSPS) is 14.3. The fourth-order valence-corrected chi connectivity index (χ4v) is 3.27. The molecule has 1 amide bonds. The highest BCUT2D eigenvalue weighted by Gasteiger charge is 2.30. The zero-order valence-corrected chi connectivity index (χ0v) is 13.7. The van der Waals surface area contributed by atoms with Gasteiger partial charge in [0.1, 0.15) is 0 Å². The second-order valence-electron chi connectivity index (χ2n) is 5.97. The molecule has 0 unspecified atom stereocenters. The van der Waals surface area contributed by atoms with Crippen molar-refractivity contribution in [3.05, 3.63) is 57.8 Å². The van der Waals surface area contributed by atoms with Crippen LogP contribution in [0, 0.1) is 6.92 Å². The predicted octanol–water partition coefficient (Wildman–Crippen LogP) is 3.34. The number of benzene rings is 1. The molecule has 0 atom stereocenters. The van der Waals surface area contributed by atoms with Crippen LogP contribution in [0.1, 0.15) is 29.5 Å². The van der Waals surface area contributed by atoms with Crippen LogP contribution in [0.4, 0.5) is 0 Å². The molecule has 2 aromatic rings. The SMILES string of the molecule is Cc1ccccc1CNC(=O)CN(Cc1ccsc1)C1CC1. The van der Waals surface area contributed by atoms with Gasteiger partial charge in [0.25, 0.3) is 0 Å². The highest BCUT2D eigenvalue weighted by molar-refractivity contribution is 7.07. The first-order chi connectivity index (χ1) is 10.7. The van der Waals surface area contributed by atoms with Gasteiger partial charge in [-0.25, -0.2) is 0 Å². The molecule has 0 aliphatic heterocycles. The molecule has 0 radical (unpaired) electrons. The van der Waals surface area contributed by atoms with Crippen LogP contribution in [0.5, 0.6) is 0 Å². The third kappa shape index (κ3) is 4.18. The molecule has 4 heteroatoms. The molecule has 1 aliphatic rings. The minimum absolute atomic E-state index is 0.116. The van der Waals surface area contributed by atoms with Gasteiger partial charge in [-0.1, -0.05) is 24.3 Å². The van der Waals surface area contributed by atoms with Gasteiger partial charge < -0.3 is 5.32 Å². The van der Waals surface area contributed by atoms with E-state index in [0.29, 0.717) is 19.1 Å². The van der Waals surface area contributed by atoms with Crippen molar-refractivity contribution >= 4 is 17.2 Å². The van der Waals surface area contributed by atoms with Crippen molar-refractivity contribution in [1.29, 1.82) is 0 Å². The zero-order chi connectivity index (χ0) is 15.4. The number of aryl methyl sites for hydroxylation is 1. The van der Waals surface area contributed by atoms with E-state index in [2.05, 4.69) is 46.1 Å². The van der Waals surface area contributed by atoms with Crippen LogP contribution in [0.25, 0.3) is 0 Å². The van der Waals surface area contributed by atoms with E-state index in [4.69, 9.17) is 0 Å². The molecule has 0 bridgehead atoms. The van der Waals surface area contributed by atoms with Crippen LogP contribution in [0.15, 0.2) is 41.1 Å². The minimum atomic E-state index is 0.116. The molecule has 22 heavy (non-hydrogen) atoms. The Labute approximate surface area is 136 Å². The summed E-state index contributed by atoms with van der Waals surface area (Å²) in [4.78, 5) is 14.5. The summed E-state index contributed by atoms with van der Waals surface area (Å²) in [5.41, 5.74) is 3.72. The molecule has 3 rings (SSSR count). The summed E-state index contributed by atoms with van der Waals surface area (Å²) >= 11 is 1.71. The van der Waals surface area contributed by atoms with Crippen LogP contribution in [-0.4, -0.2) is 23.4 Å². The van der Waals surface area contributed by atoms with Gasteiger partial charge in [0.2, 0.25) is 5.91 Å². The molecule has 1 saturated carbocycles. The van der Waals surface area contributed by atoms with E-state index in [1.54, 1.807) is 11.3 Å². The molecule has 1 heterocycles. The lowest BCUT2D eigenvalue weighted by Crippen LogP contribution is -2.37. The Hall–Kier alpha value is -1.65. The summed E-state index contributed by atoms with van der Waals surface area (Å²) in [6, 6.07) is 10.9. The van der Waals surface area contributed by atoms with Crippen LogP contribution in [0.3, 0.4) is 0 Å². The van der Waals surface area contributed by atoms with E-state index in [1.165, 1.54) is 29.5 Å². The molecule has 1 N–H and O–H groups in total. The molecule has 1 fully saturated rings. The zero-order valence-electron chi connectivity index (χ0n) is 12.9. The Morgan fingerprint density at radius 2 is 2.14 bits per heavy atom. The van der Waals surface area contributed by atoms with Gasteiger partial charge >= 0.3 is 0 Å². The first kappa shape index (κ1) is 15.3. The number of nitrogens with zero attached hydrogens (tertiary/aromatic N) is 1. The number of thiophene rings is 1.